The number of amides is 1. The van der Waals surface area contributed by atoms with Crippen molar-refractivity contribution in [3.05, 3.63) is 0 Å². The van der Waals surface area contributed by atoms with E-state index in [0.717, 1.165) is 6.42 Å². The molecule has 0 radical (unpaired) electrons. The zero-order valence-electron chi connectivity index (χ0n) is 9.68. The Morgan fingerprint density at radius 1 is 1.65 bits per heavy atom. The van der Waals surface area contributed by atoms with Crippen LogP contribution in [0.25, 0.3) is 0 Å². The fraction of sp³-hybridized carbons (Fsp3) is 0.636. The number of carbonyl (C=O) groups is 2. The summed E-state index contributed by atoms with van der Waals surface area (Å²) in [5.41, 5.74) is 0. The van der Waals surface area contributed by atoms with Gasteiger partial charge in [-0.05, 0) is 6.42 Å². The van der Waals surface area contributed by atoms with Gasteiger partial charge in [-0.3, -0.25) is 10.1 Å². The molecule has 1 fully saturated rings. The van der Waals surface area contributed by atoms with Crippen molar-refractivity contribution in [2.75, 3.05) is 18.8 Å². The van der Waals surface area contributed by atoms with Crippen LogP contribution in [-0.4, -0.2) is 52.1 Å². The van der Waals surface area contributed by atoms with Gasteiger partial charge in [-0.15, -0.1) is 18.2 Å². The smallest absolute Gasteiger partial charge is 0.327 e. The lowest BCUT2D eigenvalue weighted by molar-refractivity contribution is -0.148. The Kier molecular flexibility index (Phi) is 5.32. The van der Waals surface area contributed by atoms with E-state index < -0.39 is 12.0 Å². The minimum absolute atomic E-state index is 0.0452. The Morgan fingerprint density at radius 2 is 2.35 bits per heavy atom. The van der Waals surface area contributed by atoms with Crippen LogP contribution in [0.5, 0.6) is 0 Å². The molecule has 1 amide bonds. The number of hydrogen-bond donors (Lipinski definition) is 2. The third kappa shape index (κ3) is 3.38. The van der Waals surface area contributed by atoms with Gasteiger partial charge in [0, 0.05) is 5.75 Å². The summed E-state index contributed by atoms with van der Waals surface area (Å²) >= 11 is 1.51. The highest BCUT2D eigenvalue weighted by molar-refractivity contribution is 8.00. The molecule has 1 rings (SSSR count). The highest BCUT2D eigenvalue weighted by atomic mass is 32.2. The van der Waals surface area contributed by atoms with Crippen molar-refractivity contribution in [1.29, 1.82) is 0 Å². The van der Waals surface area contributed by atoms with Gasteiger partial charge in [0.05, 0.1) is 18.5 Å². The molecule has 0 saturated carbocycles. The number of thioether (sulfide) groups is 1. The van der Waals surface area contributed by atoms with E-state index in [0.29, 0.717) is 12.3 Å². The lowest BCUT2D eigenvalue weighted by atomic mass is 10.2. The van der Waals surface area contributed by atoms with Crippen LogP contribution in [0.2, 0.25) is 0 Å². The predicted octanol–water partition coefficient (Wildman–Crippen LogP) is -0.0261. The molecule has 2 N–H and O–H groups in total. The van der Waals surface area contributed by atoms with Gasteiger partial charge in [-0.2, -0.15) is 0 Å². The maximum atomic E-state index is 11.9. The third-order valence-corrected chi connectivity index (χ3v) is 3.97. The Labute approximate surface area is 105 Å². The molecule has 5 nitrogen and oxygen atoms in total. The van der Waals surface area contributed by atoms with Crippen molar-refractivity contribution in [1.82, 2.24) is 10.2 Å². The number of hydrogen-bond acceptors (Lipinski definition) is 4. The van der Waals surface area contributed by atoms with E-state index in [1.165, 1.54) is 16.7 Å². The van der Waals surface area contributed by atoms with Crippen molar-refractivity contribution < 1.29 is 14.7 Å². The maximum absolute atomic E-state index is 11.9. The second kappa shape index (κ2) is 6.52. The Balaban J connectivity index is 2.65. The molecule has 2 atom stereocenters. The average molecular weight is 256 g/mol. The molecule has 0 aromatic carbocycles. The molecule has 1 aliphatic rings. The molecule has 94 valence electrons. The van der Waals surface area contributed by atoms with E-state index in [9.17, 15) is 9.59 Å². The van der Waals surface area contributed by atoms with Crippen molar-refractivity contribution in [2.24, 2.45) is 0 Å². The molecule has 0 spiro atoms. The first-order valence-electron chi connectivity index (χ1n) is 5.41. The number of carboxylic acid groups (broad SMARTS) is 1. The Morgan fingerprint density at radius 3 is 2.88 bits per heavy atom. The van der Waals surface area contributed by atoms with Crippen LogP contribution in [0.15, 0.2) is 0 Å². The van der Waals surface area contributed by atoms with Gasteiger partial charge in [0.15, 0.2) is 0 Å². The molecular formula is C11H16N2O3S. The van der Waals surface area contributed by atoms with Crippen LogP contribution >= 0.6 is 11.8 Å². The number of carbonyl (C=O) groups excluding carboxylic acids is 1. The van der Waals surface area contributed by atoms with Crippen molar-refractivity contribution in [2.45, 2.75) is 24.8 Å². The first-order valence-corrected chi connectivity index (χ1v) is 6.46. The molecule has 0 aromatic rings. The molecule has 0 aromatic heterocycles. The lowest BCUT2D eigenvalue weighted by Crippen LogP contribution is -2.48. The number of rotatable bonds is 5. The first kappa shape index (κ1) is 13.9. The molecule has 1 saturated heterocycles. The van der Waals surface area contributed by atoms with E-state index in [4.69, 9.17) is 11.5 Å². The summed E-state index contributed by atoms with van der Waals surface area (Å²) in [7, 11) is 0. The van der Waals surface area contributed by atoms with E-state index in [1.807, 2.05) is 6.92 Å². The van der Waals surface area contributed by atoms with E-state index in [-0.39, 0.29) is 17.8 Å². The van der Waals surface area contributed by atoms with E-state index >= 15 is 0 Å². The summed E-state index contributed by atoms with van der Waals surface area (Å²) in [5.74, 6) is 1.67. The average Bonchev–Trinajstić information content (AvgIpc) is 2.72. The second-order valence-electron chi connectivity index (χ2n) is 3.66. The molecule has 1 heterocycles. The molecular weight excluding hydrogens is 240 g/mol. The zero-order chi connectivity index (χ0) is 12.8. The second-order valence-corrected chi connectivity index (χ2v) is 4.87. The minimum atomic E-state index is -0.946. The quantitative estimate of drug-likeness (QED) is 0.534. The number of terminal acetylenes is 1. The highest BCUT2D eigenvalue weighted by Gasteiger charge is 2.40. The number of nitrogens with zero attached hydrogens (tertiary/aromatic N) is 1. The third-order valence-electron chi connectivity index (χ3n) is 2.52. The molecule has 6 heteroatoms. The molecule has 17 heavy (non-hydrogen) atoms. The fourth-order valence-electron chi connectivity index (χ4n) is 1.74. The molecule has 0 bridgehead atoms. The van der Waals surface area contributed by atoms with Crippen LogP contribution in [-0.2, 0) is 9.59 Å². The summed E-state index contributed by atoms with van der Waals surface area (Å²) in [6.45, 7) is 2.34. The summed E-state index contributed by atoms with van der Waals surface area (Å²) in [6, 6.07) is -0.718. The van der Waals surface area contributed by atoms with E-state index in [2.05, 4.69) is 11.2 Å². The Hall–Kier alpha value is -1.19. The van der Waals surface area contributed by atoms with Gasteiger partial charge in [0.1, 0.15) is 6.04 Å². The zero-order valence-corrected chi connectivity index (χ0v) is 10.5. The van der Waals surface area contributed by atoms with Crippen LogP contribution in [0, 0.1) is 12.3 Å². The summed E-state index contributed by atoms with van der Waals surface area (Å²) < 4.78 is 0. The van der Waals surface area contributed by atoms with Gasteiger partial charge in [0.2, 0.25) is 5.91 Å². The van der Waals surface area contributed by atoms with Crippen LogP contribution in [0.3, 0.4) is 0 Å². The normalized spacial score (nSPS) is 23.4. The first-order chi connectivity index (χ1) is 8.11. The van der Waals surface area contributed by atoms with Gasteiger partial charge < -0.3 is 10.0 Å². The summed E-state index contributed by atoms with van der Waals surface area (Å²) in [5, 5.41) is 11.8. The number of aliphatic carboxylic acids is 1. The molecule has 2 unspecified atom stereocenters. The summed E-state index contributed by atoms with van der Waals surface area (Å²) in [6.07, 6.45) is 5.81. The van der Waals surface area contributed by atoms with Crippen molar-refractivity contribution in [3.8, 4) is 12.3 Å². The monoisotopic (exact) mass is 256 g/mol. The topological polar surface area (TPSA) is 69.6 Å². The highest BCUT2D eigenvalue weighted by Crippen LogP contribution is 2.31. The maximum Gasteiger partial charge on any atom is 0.327 e. The van der Waals surface area contributed by atoms with Gasteiger partial charge >= 0.3 is 5.97 Å². The Bertz CT molecular complexity index is 340. The standard InChI is InChI=1S/C11H16N2O3S/c1-3-5-12-6-9(14)13-8(11(15)16)7-17-10(13)4-2/h1,8,10,12H,4-7H2,2H3,(H,15,16). The van der Waals surface area contributed by atoms with Crippen molar-refractivity contribution in [3.63, 3.8) is 0 Å². The molecule has 0 aliphatic carbocycles. The number of nitrogens with one attached hydrogen (secondary N) is 1. The van der Waals surface area contributed by atoms with Gasteiger partial charge in [-0.25, -0.2) is 4.79 Å². The predicted molar refractivity (Wildman–Crippen MR) is 66.5 cm³/mol. The van der Waals surface area contributed by atoms with Crippen LogP contribution in [0.4, 0.5) is 0 Å². The van der Waals surface area contributed by atoms with Crippen LogP contribution in [0.1, 0.15) is 13.3 Å². The van der Waals surface area contributed by atoms with Crippen molar-refractivity contribution >= 4 is 23.6 Å². The van der Waals surface area contributed by atoms with Gasteiger partial charge in [-0.1, -0.05) is 12.8 Å². The van der Waals surface area contributed by atoms with Gasteiger partial charge in [0.25, 0.3) is 0 Å². The lowest BCUT2D eigenvalue weighted by Gasteiger charge is -2.26. The molecule has 1 aliphatic heterocycles. The fourth-order valence-corrected chi connectivity index (χ4v) is 3.10. The SMILES string of the molecule is C#CCNCC(=O)N1C(CC)SCC1C(=O)O. The largest absolute Gasteiger partial charge is 0.480 e. The van der Waals surface area contributed by atoms with Crippen LogP contribution < -0.4 is 5.32 Å². The number of carboxylic acids is 1. The summed E-state index contributed by atoms with van der Waals surface area (Å²) in [4.78, 5) is 24.4. The minimum Gasteiger partial charge on any atom is -0.480 e. The van der Waals surface area contributed by atoms with E-state index in [1.54, 1.807) is 0 Å².